The molecule has 5 rings (SSSR count). The molecule has 1 saturated heterocycles. The standard InChI is InChI=1S/C23H22FN5O2S/c1-15-19-12-20(32-23(19)29(27-15)14-16-2-4-17(24)5-3-16)22(30)26-18-6-7-21(25-13-18)28-8-10-31-11-9-28/h2-7,12-13H,8-11,14H2,1H3,(H,26,30). The topological polar surface area (TPSA) is 72.3 Å². The molecule has 1 aliphatic heterocycles. The minimum atomic E-state index is -0.266. The SMILES string of the molecule is Cc1nn(Cc2ccc(F)cc2)c2sc(C(=O)Nc3ccc(N4CCOCC4)nc3)cc12. The van der Waals surface area contributed by atoms with E-state index in [4.69, 9.17) is 4.74 Å². The molecule has 0 spiro atoms. The Morgan fingerprint density at radius 2 is 1.97 bits per heavy atom. The fourth-order valence-electron chi connectivity index (χ4n) is 3.73. The van der Waals surface area contributed by atoms with Gasteiger partial charge < -0.3 is 15.0 Å². The number of aryl methyl sites for hydroxylation is 1. The number of amides is 1. The quantitative estimate of drug-likeness (QED) is 0.495. The number of rotatable bonds is 5. The minimum absolute atomic E-state index is 0.181. The predicted octanol–water partition coefficient (Wildman–Crippen LogP) is 4.08. The van der Waals surface area contributed by atoms with E-state index in [1.807, 2.05) is 29.8 Å². The van der Waals surface area contributed by atoms with Crippen LogP contribution in [0.2, 0.25) is 0 Å². The van der Waals surface area contributed by atoms with Gasteiger partial charge in [0.15, 0.2) is 0 Å². The highest BCUT2D eigenvalue weighted by atomic mass is 32.1. The largest absolute Gasteiger partial charge is 0.378 e. The van der Waals surface area contributed by atoms with E-state index in [9.17, 15) is 9.18 Å². The highest BCUT2D eigenvalue weighted by Crippen LogP contribution is 2.29. The van der Waals surface area contributed by atoms with Gasteiger partial charge in [-0.05, 0) is 42.8 Å². The maximum Gasteiger partial charge on any atom is 0.265 e. The lowest BCUT2D eigenvalue weighted by molar-refractivity contribution is 0.103. The lowest BCUT2D eigenvalue weighted by Gasteiger charge is -2.27. The van der Waals surface area contributed by atoms with Crippen molar-refractivity contribution in [2.75, 3.05) is 36.5 Å². The second-order valence-electron chi connectivity index (χ2n) is 7.66. The summed E-state index contributed by atoms with van der Waals surface area (Å²) in [5, 5.41) is 8.46. The lowest BCUT2D eigenvalue weighted by atomic mass is 10.2. The number of pyridine rings is 1. The monoisotopic (exact) mass is 451 g/mol. The molecule has 0 radical (unpaired) electrons. The molecule has 164 valence electrons. The summed E-state index contributed by atoms with van der Waals surface area (Å²) in [5.41, 5.74) is 2.45. The van der Waals surface area contributed by atoms with E-state index in [0.717, 1.165) is 40.4 Å². The number of fused-ring (bicyclic) bond motifs is 1. The summed E-state index contributed by atoms with van der Waals surface area (Å²) < 4.78 is 20.4. The van der Waals surface area contributed by atoms with Crippen molar-refractivity contribution in [2.45, 2.75) is 13.5 Å². The molecule has 1 aliphatic rings. The number of nitrogens with zero attached hydrogens (tertiary/aromatic N) is 4. The number of halogens is 1. The number of benzene rings is 1. The van der Waals surface area contributed by atoms with Crippen molar-refractivity contribution in [2.24, 2.45) is 0 Å². The third-order valence-electron chi connectivity index (χ3n) is 5.42. The van der Waals surface area contributed by atoms with Gasteiger partial charge in [0.05, 0.1) is 42.2 Å². The highest BCUT2D eigenvalue weighted by Gasteiger charge is 2.17. The zero-order valence-corrected chi connectivity index (χ0v) is 18.4. The van der Waals surface area contributed by atoms with Crippen molar-refractivity contribution in [1.29, 1.82) is 0 Å². The van der Waals surface area contributed by atoms with Crippen LogP contribution < -0.4 is 10.2 Å². The van der Waals surface area contributed by atoms with Gasteiger partial charge in [0, 0.05) is 18.5 Å². The first-order chi connectivity index (χ1) is 15.6. The van der Waals surface area contributed by atoms with Crippen molar-refractivity contribution >= 4 is 39.0 Å². The van der Waals surface area contributed by atoms with E-state index in [1.54, 1.807) is 18.3 Å². The Labute approximate surface area is 188 Å². The maximum absolute atomic E-state index is 13.2. The van der Waals surface area contributed by atoms with Gasteiger partial charge in [-0.1, -0.05) is 12.1 Å². The van der Waals surface area contributed by atoms with Gasteiger partial charge in [-0.2, -0.15) is 5.10 Å². The molecule has 4 heterocycles. The highest BCUT2D eigenvalue weighted by molar-refractivity contribution is 7.20. The molecule has 1 fully saturated rings. The number of hydrogen-bond acceptors (Lipinski definition) is 6. The third kappa shape index (κ3) is 4.21. The first-order valence-electron chi connectivity index (χ1n) is 10.4. The Morgan fingerprint density at radius 3 is 2.69 bits per heavy atom. The Hall–Kier alpha value is -3.30. The molecule has 32 heavy (non-hydrogen) atoms. The van der Waals surface area contributed by atoms with Crippen LogP contribution in [0.3, 0.4) is 0 Å². The molecule has 1 N–H and O–H groups in total. The van der Waals surface area contributed by atoms with Crippen LogP contribution >= 0.6 is 11.3 Å². The summed E-state index contributed by atoms with van der Waals surface area (Å²) >= 11 is 1.39. The van der Waals surface area contributed by atoms with Crippen LogP contribution in [0.4, 0.5) is 15.9 Å². The van der Waals surface area contributed by atoms with Crippen LogP contribution in [-0.4, -0.2) is 47.0 Å². The predicted molar refractivity (Wildman–Crippen MR) is 123 cm³/mol. The number of morpholine rings is 1. The molecule has 9 heteroatoms. The number of thiophene rings is 1. The van der Waals surface area contributed by atoms with Gasteiger partial charge in [-0.25, -0.2) is 9.37 Å². The zero-order valence-electron chi connectivity index (χ0n) is 17.5. The van der Waals surface area contributed by atoms with Crippen molar-refractivity contribution < 1.29 is 13.9 Å². The molecule has 1 amide bonds. The molecule has 0 saturated carbocycles. The number of carbonyl (C=O) groups is 1. The molecule has 0 unspecified atom stereocenters. The molecule has 3 aromatic heterocycles. The van der Waals surface area contributed by atoms with Gasteiger partial charge in [-0.3, -0.25) is 9.48 Å². The van der Waals surface area contributed by atoms with E-state index in [0.29, 0.717) is 30.3 Å². The molecule has 7 nitrogen and oxygen atoms in total. The first-order valence-corrected chi connectivity index (χ1v) is 11.2. The summed E-state index contributed by atoms with van der Waals surface area (Å²) in [6.45, 7) is 5.46. The minimum Gasteiger partial charge on any atom is -0.378 e. The van der Waals surface area contributed by atoms with Crippen LogP contribution in [0.15, 0.2) is 48.7 Å². The van der Waals surface area contributed by atoms with E-state index in [-0.39, 0.29) is 11.7 Å². The first kappa shape index (κ1) is 20.6. The van der Waals surface area contributed by atoms with E-state index < -0.39 is 0 Å². The van der Waals surface area contributed by atoms with Gasteiger partial charge in [0.2, 0.25) is 0 Å². The van der Waals surface area contributed by atoms with Crippen LogP contribution in [0, 0.1) is 12.7 Å². The number of anilines is 2. The number of ether oxygens (including phenoxy) is 1. The molecule has 0 atom stereocenters. The summed E-state index contributed by atoms with van der Waals surface area (Å²) in [6, 6.07) is 12.0. The van der Waals surface area contributed by atoms with Gasteiger partial charge >= 0.3 is 0 Å². The fraction of sp³-hybridized carbons (Fsp3) is 0.261. The van der Waals surface area contributed by atoms with Crippen LogP contribution in [0.5, 0.6) is 0 Å². The Bertz CT molecular complexity index is 1240. The number of aromatic nitrogens is 3. The van der Waals surface area contributed by atoms with Gasteiger partial charge in [0.1, 0.15) is 16.5 Å². The van der Waals surface area contributed by atoms with Crippen LogP contribution in [0.25, 0.3) is 10.2 Å². The normalized spacial score (nSPS) is 14.1. The lowest BCUT2D eigenvalue weighted by Crippen LogP contribution is -2.36. The Kier molecular flexibility index (Phi) is 5.59. The molecule has 0 bridgehead atoms. The average Bonchev–Trinajstić information content (AvgIpc) is 3.38. The average molecular weight is 452 g/mol. The molecular formula is C23H22FN5O2S. The Morgan fingerprint density at radius 1 is 1.19 bits per heavy atom. The third-order valence-corrected chi connectivity index (χ3v) is 6.56. The van der Waals surface area contributed by atoms with Crippen LogP contribution in [0.1, 0.15) is 20.9 Å². The fourth-order valence-corrected chi connectivity index (χ4v) is 4.78. The summed E-state index contributed by atoms with van der Waals surface area (Å²) in [5.74, 6) is 0.433. The van der Waals surface area contributed by atoms with E-state index in [2.05, 4.69) is 20.3 Å². The second kappa shape index (κ2) is 8.68. The number of carbonyl (C=O) groups excluding carboxylic acids is 1. The number of hydrogen-bond donors (Lipinski definition) is 1. The zero-order chi connectivity index (χ0) is 22.1. The number of nitrogens with one attached hydrogen (secondary N) is 1. The molecule has 4 aromatic rings. The summed E-state index contributed by atoms with van der Waals surface area (Å²) in [4.78, 5) is 21.0. The van der Waals surface area contributed by atoms with Crippen molar-refractivity contribution in [3.8, 4) is 0 Å². The van der Waals surface area contributed by atoms with E-state index in [1.165, 1.54) is 23.5 Å². The summed E-state index contributed by atoms with van der Waals surface area (Å²) in [6.07, 6.45) is 1.68. The molecular weight excluding hydrogens is 429 g/mol. The van der Waals surface area contributed by atoms with E-state index >= 15 is 0 Å². The smallest absolute Gasteiger partial charge is 0.265 e. The van der Waals surface area contributed by atoms with Crippen molar-refractivity contribution in [3.05, 3.63) is 70.6 Å². The van der Waals surface area contributed by atoms with Gasteiger partial charge in [0.25, 0.3) is 5.91 Å². The summed E-state index contributed by atoms with van der Waals surface area (Å²) in [7, 11) is 0. The van der Waals surface area contributed by atoms with Crippen molar-refractivity contribution in [3.63, 3.8) is 0 Å². The maximum atomic E-state index is 13.2. The Balaban J connectivity index is 1.32. The second-order valence-corrected chi connectivity index (χ2v) is 8.69. The van der Waals surface area contributed by atoms with Gasteiger partial charge in [-0.15, -0.1) is 11.3 Å². The molecule has 0 aliphatic carbocycles. The molecule has 1 aromatic carbocycles. The van der Waals surface area contributed by atoms with Crippen LogP contribution in [-0.2, 0) is 11.3 Å². The van der Waals surface area contributed by atoms with Crippen molar-refractivity contribution in [1.82, 2.24) is 14.8 Å².